The molecule has 1 saturated heterocycles. The number of hydrogen-bond donors (Lipinski definition) is 1. The van der Waals surface area contributed by atoms with E-state index in [1.807, 2.05) is 30.3 Å². The third-order valence-electron chi connectivity index (χ3n) is 5.57. The van der Waals surface area contributed by atoms with Crippen LogP contribution >= 0.6 is 0 Å². The van der Waals surface area contributed by atoms with Crippen LogP contribution in [-0.2, 0) is 9.59 Å². The molecule has 2 aliphatic rings. The fourth-order valence-electron chi connectivity index (χ4n) is 3.99. The summed E-state index contributed by atoms with van der Waals surface area (Å²) in [5.74, 6) is -0.248. The number of piperidine rings is 1. The summed E-state index contributed by atoms with van der Waals surface area (Å²) >= 11 is 0. The molecule has 2 aliphatic heterocycles. The molecule has 1 N–H and O–H groups in total. The summed E-state index contributed by atoms with van der Waals surface area (Å²) in [7, 11) is 0. The minimum absolute atomic E-state index is 0.0136. The summed E-state index contributed by atoms with van der Waals surface area (Å²) in [6.45, 7) is 5.94. The van der Waals surface area contributed by atoms with Crippen molar-refractivity contribution in [2.24, 2.45) is 5.10 Å². The predicted octanol–water partition coefficient (Wildman–Crippen LogP) is 2.39. The predicted molar refractivity (Wildman–Crippen MR) is 106 cm³/mol. The molecular weight excluding hydrogens is 340 g/mol. The van der Waals surface area contributed by atoms with Gasteiger partial charge in [0.25, 0.3) is 0 Å². The van der Waals surface area contributed by atoms with Gasteiger partial charge in [0.05, 0.1) is 5.71 Å². The number of rotatable bonds is 6. The molecule has 1 aromatic rings. The van der Waals surface area contributed by atoms with Crippen molar-refractivity contribution in [1.29, 1.82) is 0 Å². The second kappa shape index (κ2) is 9.13. The molecule has 0 bridgehead atoms. The maximum absolute atomic E-state index is 12.3. The first-order chi connectivity index (χ1) is 13.0. The zero-order chi connectivity index (χ0) is 19.2. The first-order valence-electron chi connectivity index (χ1n) is 10.0. The van der Waals surface area contributed by atoms with Crippen molar-refractivity contribution in [2.45, 2.75) is 58.0 Å². The summed E-state index contributed by atoms with van der Waals surface area (Å²) in [6, 6.07) is 10.9. The van der Waals surface area contributed by atoms with Crippen molar-refractivity contribution in [1.82, 2.24) is 15.2 Å². The van der Waals surface area contributed by atoms with E-state index in [4.69, 9.17) is 0 Å². The molecule has 2 amide bonds. The number of carbonyl (C=O) groups excluding carboxylic acids is 2. The minimum atomic E-state index is -0.154. The molecule has 0 radical (unpaired) electrons. The summed E-state index contributed by atoms with van der Waals surface area (Å²) < 4.78 is 0. The fourth-order valence-corrected chi connectivity index (χ4v) is 3.99. The van der Waals surface area contributed by atoms with E-state index in [9.17, 15) is 9.59 Å². The van der Waals surface area contributed by atoms with Crippen molar-refractivity contribution in [2.75, 3.05) is 19.6 Å². The maximum atomic E-state index is 12.3. The Morgan fingerprint density at radius 2 is 1.85 bits per heavy atom. The van der Waals surface area contributed by atoms with Crippen molar-refractivity contribution in [3.63, 3.8) is 0 Å². The van der Waals surface area contributed by atoms with Crippen LogP contribution in [0.4, 0.5) is 0 Å². The van der Waals surface area contributed by atoms with Gasteiger partial charge in [0.2, 0.25) is 11.8 Å². The Morgan fingerprint density at radius 1 is 1.15 bits per heavy atom. The monoisotopic (exact) mass is 370 g/mol. The van der Waals surface area contributed by atoms with Crippen LogP contribution in [0.3, 0.4) is 0 Å². The molecule has 27 heavy (non-hydrogen) atoms. The molecule has 0 aromatic heterocycles. The van der Waals surface area contributed by atoms with E-state index in [1.54, 1.807) is 0 Å². The normalized spacial score (nSPS) is 23.9. The molecule has 3 rings (SSSR count). The number of nitrogens with zero attached hydrogens (tertiary/aromatic N) is 3. The molecule has 2 atom stereocenters. The van der Waals surface area contributed by atoms with Gasteiger partial charge in [0.1, 0.15) is 6.54 Å². The number of benzene rings is 1. The number of nitrogens with one attached hydrogen (secondary N) is 1. The van der Waals surface area contributed by atoms with Gasteiger partial charge in [0.15, 0.2) is 0 Å². The van der Waals surface area contributed by atoms with Crippen LogP contribution < -0.4 is 5.32 Å². The van der Waals surface area contributed by atoms with E-state index in [1.165, 1.54) is 24.3 Å². The number of carbonyl (C=O) groups is 2. The van der Waals surface area contributed by atoms with Crippen molar-refractivity contribution in [3.8, 4) is 0 Å². The third-order valence-corrected chi connectivity index (χ3v) is 5.57. The number of hydrazone groups is 1. The van der Waals surface area contributed by atoms with Crippen LogP contribution in [0.15, 0.2) is 35.4 Å². The van der Waals surface area contributed by atoms with Gasteiger partial charge in [-0.25, -0.2) is 5.01 Å². The molecule has 146 valence electrons. The van der Waals surface area contributed by atoms with Crippen LogP contribution in [0.2, 0.25) is 0 Å². The van der Waals surface area contributed by atoms with Gasteiger partial charge < -0.3 is 5.32 Å². The Labute approximate surface area is 161 Å². The quantitative estimate of drug-likeness (QED) is 0.836. The molecule has 6 nitrogen and oxygen atoms in total. The highest BCUT2D eigenvalue weighted by Gasteiger charge is 2.25. The van der Waals surface area contributed by atoms with E-state index in [2.05, 4.69) is 29.2 Å². The maximum Gasteiger partial charge on any atom is 0.243 e. The van der Waals surface area contributed by atoms with Gasteiger partial charge in [-0.3, -0.25) is 14.5 Å². The Balaban J connectivity index is 1.51. The number of likely N-dealkylation sites (tertiary alicyclic amines) is 1. The SMILES string of the molecule is C[C@H]1CCC[C@H](C)N1CCNC(=O)CN1N=C(c2ccccc2)CCC1=O. The minimum Gasteiger partial charge on any atom is -0.353 e. The highest BCUT2D eigenvalue weighted by atomic mass is 16.2. The molecule has 2 heterocycles. The average molecular weight is 370 g/mol. The van der Waals surface area contributed by atoms with Crippen LogP contribution in [0, 0.1) is 0 Å². The zero-order valence-electron chi connectivity index (χ0n) is 16.4. The van der Waals surface area contributed by atoms with Gasteiger partial charge in [0, 0.05) is 38.0 Å². The molecule has 6 heteroatoms. The van der Waals surface area contributed by atoms with Gasteiger partial charge >= 0.3 is 0 Å². The summed E-state index contributed by atoms with van der Waals surface area (Å²) in [4.78, 5) is 26.9. The second-order valence-corrected chi connectivity index (χ2v) is 7.58. The van der Waals surface area contributed by atoms with Crippen LogP contribution in [0.25, 0.3) is 0 Å². The first kappa shape index (κ1) is 19.5. The van der Waals surface area contributed by atoms with E-state index in [-0.39, 0.29) is 18.4 Å². The Bertz CT molecular complexity index is 679. The van der Waals surface area contributed by atoms with E-state index >= 15 is 0 Å². The Hall–Kier alpha value is -2.21. The largest absolute Gasteiger partial charge is 0.353 e. The lowest BCUT2D eigenvalue weighted by molar-refractivity contribution is -0.136. The average Bonchev–Trinajstić information content (AvgIpc) is 2.66. The summed E-state index contributed by atoms with van der Waals surface area (Å²) in [6.07, 6.45) is 4.73. The lowest BCUT2D eigenvalue weighted by atomic mass is 9.98. The van der Waals surface area contributed by atoms with E-state index < -0.39 is 0 Å². The molecule has 0 spiro atoms. The Morgan fingerprint density at radius 3 is 2.56 bits per heavy atom. The molecule has 1 fully saturated rings. The summed E-state index contributed by atoms with van der Waals surface area (Å²) in [5.41, 5.74) is 1.86. The van der Waals surface area contributed by atoms with E-state index in [0.29, 0.717) is 31.5 Å². The van der Waals surface area contributed by atoms with Crippen LogP contribution in [-0.4, -0.2) is 59.2 Å². The van der Waals surface area contributed by atoms with Crippen molar-refractivity contribution >= 4 is 17.5 Å². The van der Waals surface area contributed by atoms with Crippen molar-refractivity contribution < 1.29 is 9.59 Å². The smallest absolute Gasteiger partial charge is 0.243 e. The van der Waals surface area contributed by atoms with Gasteiger partial charge in [-0.1, -0.05) is 36.8 Å². The Kier molecular flexibility index (Phi) is 6.61. The highest BCUT2D eigenvalue weighted by molar-refractivity contribution is 6.04. The van der Waals surface area contributed by atoms with Gasteiger partial charge in [-0.15, -0.1) is 0 Å². The molecule has 0 saturated carbocycles. The molecule has 0 unspecified atom stereocenters. The molecule has 0 aliphatic carbocycles. The summed E-state index contributed by atoms with van der Waals surface area (Å²) in [5, 5.41) is 8.69. The van der Waals surface area contributed by atoms with Crippen LogP contribution in [0.5, 0.6) is 0 Å². The van der Waals surface area contributed by atoms with Crippen molar-refractivity contribution in [3.05, 3.63) is 35.9 Å². The van der Waals surface area contributed by atoms with E-state index in [0.717, 1.165) is 17.8 Å². The van der Waals surface area contributed by atoms with Crippen LogP contribution in [0.1, 0.15) is 51.5 Å². The molecular formula is C21H30N4O2. The third kappa shape index (κ3) is 5.16. The number of amides is 2. The standard InChI is InChI=1S/C21H30N4O2/c1-16-7-6-8-17(2)24(16)14-13-22-20(26)15-25-21(27)12-11-19(23-25)18-9-4-3-5-10-18/h3-5,9-10,16-17H,6-8,11-15H2,1-2H3,(H,22,26)/t16-,17-/m0/s1. The first-order valence-corrected chi connectivity index (χ1v) is 10.0. The lowest BCUT2D eigenvalue weighted by Gasteiger charge is -2.39. The molecule has 1 aromatic carbocycles. The lowest BCUT2D eigenvalue weighted by Crippen LogP contribution is -2.48. The zero-order valence-corrected chi connectivity index (χ0v) is 16.4. The van der Waals surface area contributed by atoms with Gasteiger partial charge in [-0.05, 0) is 32.3 Å². The van der Waals surface area contributed by atoms with Gasteiger partial charge in [-0.2, -0.15) is 5.10 Å². The fraction of sp³-hybridized carbons (Fsp3) is 0.571. The highest BCUT2D eigenvalue weighted by Crippen LogP contribution is 2.21. The second-order valence-electron chi connectivity index (χ2n) is 7.58. The number of hydrogen-bond acceptors (Lipinski definition) is 4. The topological polar surface area (TPSA) is 65.0 Å².